The van der Waals surface area contributed by atoms with Crippen LogP contribution in [0.5, 0.6) is 0 Å². The van der Waals surface area contributed by atoms with Gasteiger partial charge in [0.2, 0.25) is 5.82 Å². The SMILES string of the molecule is CCn1c(=O)c2c(nc(C(F)(F)F)n2CC)n(C)c1=O. The zero-order chi connectivity index (χ0) is 15.2. The zero-order valence-electron chi connectivity index (χ0n) is 11.2. The van der Waals surface area contributed by atoms with E-state index in [1.54, 1.807) is 6.92 Å². The highest BCUT2D eigenvalue weighted by molar-refractivity contribution is 5.71. The molecule has 0 spiro atoms. The van der Waals surface area contributed by atoms with Gasteiger partial charge in [-0.1, -0.05) is 0 Å². The van der Waals surface area contributed by atoms with Crippen molar-refractivity contribution in [3.05, 3.63) is 26.7 Å². The molecular formula is C11H13F3N4O2. The van der Waals surface area contributed by atoms with Crippen LogP contribution in [0.25, 0.3) is 11.2 Å². The van der Waals surface area contributed by atoms with Crippen LogP contribution in [0.15, 0.2) is 9.59 Å². The van der Waals surface area contributed by atoms with E-state index in [4.69, 9.17) is 0 Å². The second kappa shape index (κ2) is 4.50. The molecule has 0 aliphatic heterocycles. The van der Waals surface area contributed by atoms with E-state index in [2.05, 4.69) is 4.98 Å². The van der Waals surface area contributed by atoms with E-state index in [-0.39, 0.29) is 24.3 Å². The summed E-state index contributed by atoms with van der Waals surface area (Å²) in [5.74, 6) is -1.17. The predicted molar refractivity (Wildman–Crippen MR) is 65.6 cm³/mol. The van der Waals surface area contributed by atoms with E-state index in [1.165, 1.54) is 14.0 Å². The lowest BCUT2D eigenvalue weighted by Gasteiger charge is -2.09. The Morgan fingerprint density at radius 1 is 1.10 bits per heavy atom. The molecule has 0 N–H and O–H groups in total. The van der Waals surface area contributed by atoms with Crippen LogP contribution in [-0.2, 0) is 26.3 Å². The minimum atomic E-state index is -4.69. The molecule has 0 atom stereocenters. The third kappa shape index (κ3) is 1.84. The summed E-state index contributed by atoms with van der Waals surface area (Å²) < 4.78 is 41.5. The molecule has 0 radical (unpaired) electrons. The second-order valence-corrected chi connectivity index (χ2v) is 4.24. The first-order valence-corrected chi connectivity index (χ1v) is 6.01. The van der Waals surface area contributed by atoms with Crippen molar-refractivity contribution in [2.75, 3.05) is 0 Å². The van der Waals surface area contributed by atoms with Crippen LogP contribution in [-0.4, -0.2) is 18.7 Å². The maximum atomic E-state index is 12.9. The molecule has 2 heterocycles. The Hall–Kier alpha value is -2.06. The van der Waals surface area contributed by atoms with E-state index in [0.29, 0.717) is 0 Å². The maximum Gasteiger partial charge on any atom is 0.449 e. The molecule has 110 valence electrons. The Morgan fingerprint density at radius 2 is 1.65 bits per heavy atom. The average molecular weight is 290 g/mol. The third-order valence-corrected chi connectivity index (χ3v) is 3.12. The molecule has 0 unspecified atom stereocenters. The first-order chi connectivity index (χ1) is 9.23. The molecule has 0 fully saturated rings. The summed E-state index contributed by atoms with van der Waals surface area (Å²) in [5, 5.41) is 0. The highest BCUT2D eigenvalue weighted by Gasteiger charge is 2.38. The van der Waals surface area contributed by atoms with Crippen molar-refractivity contribution >= 4 is 11.2 Å². The molecule has 0 bridgehead atoms. The van der Waals surface area contributed by atoms with Gasteiger partial charge in [-0.3, -0.25) is 13.9 Å². The van der Waals surface area contributed by atoms with Crippen molar-refractivity contribution in [1.82, 2.24) is 18.7 Å². The van der Waals surface area contributed by atoms with Crippen molar-refractivity contribution in [2.24, 2.45) is 7.05 Å². The van der Waals surface area contributed by atoms with E-state index in [9.17, 15) is 22.8 Å². The first-order valence-electron chi connectivity index (χ1n) is 6.01. The molecule has 0 amide bonds. The molecule has 0 saturated carbocycles. The van der Waals surface area contributed by atoms with Gasteiger partial charge in [-0.2, -0.15) is 13.2 Å². The van der Waals surface area contributed by atoms with Gasteiger partial charge >= 0.3 is 11.9 Å². The second-order valence-electron chi connectivity index (χ2n) is 4.24. The molecule has 0 aromatic carbocycles. The molecule has 0 saturated heterocycles. The fourth-order valence-corrected chi connectivity index (χ4v) is 2.17. The Balaban J connectivity index is 3.08. The number of aryl methyl sites for hydroxylation is 2. The van der Waals surface area contributed by atoms with Crippen molar-refractivity contribution in [3.8, 4) is 0 Å². The van der Waals surface area contributed by atoms with E-state index < -0.39 is 23.2 Å². The molecule has 2 aromatic rings. The smallest absolute Gasteiger partial charge is 0.315 e. The number of fused-ring (bicyclic) bond motifs is 1. The van der Waals surface area contributed by atoms with Crippen LogP contribution in [0.4, 0.5) is 13.2 Å². The van der Waals surface area contributed by atoms with Gasteiger partial charge in [0, 0.05) is 20.1 Å². The monoisotopic (exact) mass is 290 g/mol. The summed E-state index contributed by atoms with van der Waals surface area (Å²) in [6.07, 6.45) is -4.69. The number of nitrogens with zero attached hydrogens (tertiary/aromatic N) is 4. The van der Waals surface area contributed by atoms with Crippen molar-refractivity contribution in [1.29, 1.82) is 0 Å². The molecule has 2 rings (SSSR count). The number of imidazole rings is 1. The minimum Gasteiger partial charge on any atom is -0.315 e. The summed E-state index contributed by atoms with van der Waals surface area (Å²) in [4.78, 5) is 27.5. The Kier molecular flexibility index (Phi) is 3.23. The number of hydrogen-bond donors (Lipinski definition) is 0. The Labute approximate surface area is 111 Å². The van der Waals surface area contributed by atoms with Crippen molar-refractivity contribution in [2.45, 2.75) is 33.1 Å². The lowest BCUT2D eigenvalue weighted by Crippen LogP contribution is -2.39. The van der Waals surface area contributed by atoms with Gasteiger partial charge in [0.15, 0.2) is 11.2 Å². The largest absolute Gasteiger partial charge is 0.449 e. The van der Waals surface area contributed by atoms with E-state index in [0.717, 1.165) is 13.7 Å². The zero-order valence-corrected chi connectivity index (χ0v) is 11.2. The summed E-state index contributed by atoms with van der Waals surface area (Å²) >= 11 is 0. The standard InChI is InChI=1S/C11H13F3N4O2/c1-4-17-6-7(15-9(17)11(12,13)14)16(3)10(20)18(5-2)8(6)19/h4-5H2,1-3H3. The number of alkyl halides is 3. The average Bonchev–Trinajstić information content (AvgIpc) is 2.76. The molecule has 9 heteroatoms. The summed E-state index contributed by atoms with van der Waals surface area (Å²) in [6.45, 7) is 3.07. The number of rotatable bonds is 2. The summed E-state index contributed by atoms with van der Waals surface area (Å²) in [6, 6.07) is 0. The fourth-order valence-electron chi connectivity index (χ4n) is 2.17. The van der Waals surface area contributed by atoms with Crippen molar-refractivity contribution in [3.63, 3.8) is 0 Å². The van der Waals surface area contributed by atoms with Gasteiger partial charge in [-0.25, -0.2) is 9.78 Å². The normalized spacial score (nSPS) is 12.3. The quantitative estimate of drug-likeness (QED) is 0.827. The van der Waals surface area contributed by atoms with Crippen LogP contribution in [0.3, 0.4) is 0 Å². The van der Waals surface area contributed by atoms with Crippen molar-refractivity contribution < 1.29 is 13.2 Å². The van der Waals surface area contributed by atoms with Crippen LogP contribution in [0, 0.1) is 0 Å². The Morgan fingerprint density at radius 3 is 2.10 bits per heavy atom. The van der Waals surface area contributed by atoms with E-state index >= 15 is 0 Å². The van der Waals surface area contributed by atoms with Crippen LogP contribution in [0.2, 0.25) is 0 Å². The molecule has 20 heavy (non-hydrogen) atoms. The third-order valence-electron chi connectivity index (χ3n) is 3.12. The topological polar surface area (TPSA) is 61.8 Å². The molecule has 2 aromatic heterocycles. The minimum absolute atomic E-state index is 0.0670. The van der Waals surface area contributed by atoms with Gasteiger partial charge < -0.3 is 4.57 Å². The Bertz CT molecular complexity index is 782. The predicted octanol–water partition coefficient (Wildman–Crippen LogP) is 0.955. The van der Waals surface area contributed by atoms with Crippen LogP contribution < -0.4 is 11.2 Å². The van der Waals surface area contributed by atoms with Gasteiger partial charge in [-0.15, -0.1) is 0 Å². The number of hydrogen-bond acceptors (Lipinski definition) is 3. The highest BCUT2D eigenvalue weighted by Crippen LogP contribution is 2.30. The lowest BCUT2D eigenvalue weighted by molar-refractivity contribution is -0.146. The number of aromatic nitrogens is 4. The molecule has 0 aliphatic rings. The molecular weight excluding hydrogens is 277 g/mol. The lowest BCUT2D eigenvalue weighted by atomic mass is 10.4. The van der Waals surface area contributed by atoms with Gasteiger partial charge in [0.25, 0.3) is 5.56 Å². The highest BCUT2D eigenvalue weighted by atomic mass is 19.4. The number of halogens is 3. The summed E-state index contributed by atoms with van der Waals surface area (Å²) in [7, 11) is 1.30. The fraction of sp³-hybridized carbons (Fsp3) is 0.545. The first kappa shape index (κ1) is 14.4. The van der Waals surface area contributed by atoms with Gasteiger partial charge in [0.1, 0.15) is 0 Å². The van der Waals surface area contributed by atoms with Crippen LogP contribution >= 0.6 is 0 Å². The molecule has 0 aliphatic carbocycles. The van der Waals surface area contributed by atoms with Crippen LogP contribution in [0.1, 0.15) is 19.7 Å². The maximum absolute atomic E-state index is 12.9. The molecule has 6 nitrogen and oxygen atoms in total. The van der Waals surface area contributed by atoms with Gasteiger partial charge in [-0.05, 0) is 13.8 Å². The summed E-state index contributed by atoms with van der Waals surface area (Å²) in [5.41, 5.74) is -1.89. The van der Waals surface area contributed by atoms with Gasteiger partial charge in [0.05, 0.1) is 0 Å². The van der Waals surface area contributed by atoms with E-state index in [1.807, 2.05) is 0 Å².